The van der Waals surface area contributed by atoms with E-state index in [2.05, 4.69) is 10.3 Å². The van der Waals surface area contributed by atoms with Crippen LogP contribution in [0.15, 0.2) is 46.1 Å². The molecule has 11 heteroatoms. The molecule has 3 aromatic rings. The Morgan fingerprint density at radius 1 is 1.05 bits per heavy atom. The minimum atomic E-state index is -1.42. The van der Waals surface area contributed by atoms with E-state index in [1.54, 1.807) is 16.7 Å². The topological polar surface area (TPSA) is 126 Å². The van der Waals surface area contributed by atoms with Gasteiger partial charge in [0.25, 0.3) is 11.5 Å². The van der Waals surface area contributed by atoms with E-state index in [1.165, 1.54) is 16.7 Å². The highest BCUT2D eigenvalue weighted by Crippen LogP contribution is 2.30. The van der Waals surface area contributed by atoms with Crippen LogP contribution in [-0.2, 0) is 4.79 Å². The van der Waals surface area contributed by atoms with Gasteiger partial charge in [-0.3, -0.25) is 18.7 Å². The van der Waals surface area contributed by atoms with E-state index in [9.17, 15) is 29.0 Å². The van der Waals surface area contributed by atoms with E-state index in [0.717, 1.165) is 36.6 Å². The summed E-state index contributed by atoms with van der Waals surface area (Å²) in [6.07, 6.45) is 3.13. The maximum Gasteiger partial charge on any atom is 0.333 e. The number of aliphatic hydroxyl groups is 1. The van der Waals surface area contributed by atoms with Crippen molar-refractivity contribution in [3.05, 3.63) is 68.7 Å². The number of phenolic OH excluding ortho intramolecular Hbond substituents is 1. The van der Waals surface area contributed by atoms with Crippen molar-refractivity contribution in [1.82, 2.24) is 19.4 Å². The highest BCUT2D eigenvalue weighted by atomic mass is 32.2. The molecule has 1 unspecified atom stereocenters. The Labute approximate surface area is 216 Å². The maximum absolute atomic E-state index is 14.1. The van der Waals surface area contributed by atoms with Crippen LogP contribution >= 0.6 is 11.8 Å². The van der Waals surface area contributed by atoms with Gasteiger partial charge in [-0.2, -0.15) is 11.8 Å². The molecule has 0 bridgehead atoms. The number of thioether (sulfide) groups is 1. The molecule has 3 heterocycles. The molecule has 5 rings (SSSR count). The SMILES string of the molecule is O=C(N[C@H]1CC[C@@H](n2c(=O)c3cc(F)cnc3n(C3CCSCC3)c2=O)CC1)C(O)c1cccc(O)c1. The first-order valence-electron chi connectivity index (χ1n) is 12.5. The third-order valence-corrected chi connectivity index (χ3v) is 8.37. The summed E-state index contributed by atoms with van der Waals surface area (Å²) in [5.41, 5.74) is -0.441. The third kappa shape index (κ3) is 5.15. The summed E-state index contributed by atoms with van der Waals surface area (Å²) in [6, 6.07) is 6.33. The zero-order valence-electron chi connectivity index (χ0n) is 20.2. The monoisotopic (exact) mass is 528 g/mol. The number of halogens is 1. The van der Waals surface area contributed by atoms with Crippen LogP contribution in [0.25, 0.3) is 11.0 Å². The molecule has 1 saturated heterocycles. The lowest BCUT2D eigenvalue weighted by Gasteiger charge is -2.32. The summed E-state index contributed by atoms with van der Waals surface area (Å²) in [6.45, 7) is 0. The zero-order valence-corrected chi connectivity index (χ0v) is 21.0. The summed E-state index contributed by atoms with van der Waals surface area (Å²) in [7, 11) is 0. The van der Waals surface area contributed by atoms with E-state index in [0.29, 0.717) is 25.7 Å². The van der Waals surface area contributed by atoms with Gasteiger partial charge in [0.05, 0.1) is 11.6 Å². The summed E-state index contributed by atoms with van der Waals surface area (Å²) in [4.78, 5) is 43.8. The Hall–Kier alpha value is -3.18. The molecule has 1 amide bonds. The number of phenols is 1. The molecule has 9 nitrogen and oxygen atoms in total. The lowest BCUT2D eigenvalue weighted by Crippen LogP contribution is -2.47. The number of pyridine rings is 1. The number of rotatable bonds is 5. The minimum absolute atomic E-state index is 0.0431. The molecule has 196 valence electrons. The van der Waals surface area contributed by atoms with Gasteiger partial charge in [0, 0.05) is 18.1 Å². The van der Waals surface area contributed by atoms with E-state index < -0.39 is 29.1 Å². The first kappa shape index (κ1) is 25.5. The number of nitrogens with zero attached hydrogens (tertiary/aromatic N) is 3. The van der Waals surface area contributed by atoms with Gasteiger partial charge in [-0.15, -0.1) is 0 Å². The fraction of sp³-hybridized carbons (Fsp3) is 0.462. The summed E-state index contributed by atoms with van der Waals surface area (Å²) in [5, 5.41) is 22.9. The molecular formula is C26H29FN4O5S. The van der Waals surface area contributed by atoms with Crippen LogP contribution in [0, 0.1) is 5.82 Å². The largest absolute Gasteiger partial charge is 0.508 e. The molecular weight excluding hydrogens is 499 g/mol. The number of fused-ring (bicyclic) bond motifs is 1. The molecule has 2 fully saturated rings. The van der Waals surface area contributed by atoms with Crippen LogP contribution in [-0.4, -0.2) is 47.8 Å². The van der Waals surface area contributed by atoms with Crippen molar-refractivity contribution in [1.29, 1.82) is 0 Å². The molecule has 0 radical (unpaired) electrons. The number of hydrogen-bond donors (Lipinski definition) is 3. The molecule has 2 aromatic heterocycles. The van der Waals surface area contributed by atoms with Crippen molar-refractivity contribution in [2.24, 2.45) is 0 Å². The molecule has 1 atom stereocenters. The van der Waals surface area contributed by atoms with Gasteiger partial charge in [0.1, 0.15) is 17.2 Å². The Morgan fingerprint density at radius 3 is 2.46 bits per heavy atom. The molecule has 1 aliphatic heterocycles. The second-order valence-electron chi connectivity index (χ2n) is 9.71. The Kier molecular flexibility index (Phi) is 7.34. The van der Waals surface area contributed by atoms with Crippen LogP contribution in [0.3, 0.4) is 0 Å². The number of nitrogens with one attached hydrogen (secondary N) is 1. The predicted molar refractivity (Wildman–Crippen MR) is 138 cm³/mol. The van der Waals surface area contributed by atoms with Crippen molar-refractivity contribution in [2.75, 3.05) is 11.5 Å². The summed E-state index contributed by atoms with van der Waals surface area (Å²) >= 11 is 1.82. The highest BCUT2D eigenvalue weighted by molar-refractivity contribution is 7.99. The van der Waals surface area contributed by atoms with Gasteiger partial charge in [-0.05, 0) is 73.8 Å². The molecule has 1 saturated carbocycles. The average molecular weight is 529 g/mol. The number of carbonyl (C=O) groups excluding carboxylic acids is 1. The van der Waals surface area contributed by atoms with Crippen LogP contribution in [0.5, 0.6) is 5.75 Å². The Bertz CT molecular complexity index is 1430. The van der Waals surface area contributed by atoms with Gasteiger partial charge < -0.3 is 15.5 Å². The number of aromatic hydroxyl groups is 1. The average Bonchev–Trinajstić information content (AvgIpc) is 2.90. The van der Waals surface area contributed by atoms with Crippen LogP contribution < -0.4 is 16.6 Å². The molecule has 2 aliphatic rings. The number of aromatic nitrogens is 3. The van der Waals surface area contributed by atoms with Crippen molar-refractivity contribution >= 4 is 28.7 Å². The molecule has 3 N–H and O–H groups in total. The molecule has 1 aromatic carbocycles. The molecule has 0 spiro atoms. The van der Waals surface area contributed by atoms with E-state index in [1.807, 2.05) is 11.8 Å². The standard InChI is InChI=1S/C26H29FN4O5S/c27-16-13-21-23(28-14-16)30(19-8-10-37-11-9-19)26(36)31(25(21)35)18-6-4-17(5-7-18)29-24(34)22(33)15-2-1-3-20(32)12-15/h1-3,12-14,17-19,22,32-33H,4-11H2,(H,29,34)/t17-,18+,22?. The number of benzene rings is 1. The lowest BCUT2D eigenvalue weighted by molar-refractivity contribution is -0.130. The van der Waals surface area contributed by atoms with Gasteiger partial charge in [0.15, 0.2) is 6.10 Å². The highest BCUT2D eigenvalue weighted by Gasteiger charge is 2.30. The lowest BCUT2D eigenvalue weighted by atomic mass is 9.90. The zero-order chi connectivity index (χ0) is 26.1. The summed E-state index contributed by atoms with van der Waals surface area (Å²) < 4.78 is 16.9. The first-order valence-corrected chi connectivity index (χ1v) is 13.7. The minimum Gasteiger partial charge on any atom is -0.508 e. The number of amides is 1. The smallest absolute Gasteiger partial charge is 0.333 e. The fourth-order valence-electron chi connectivity index (χ4n) is 5.40. The van der Waals surface area contributed by atoms with Crippen molar-refractivity contribution < 1.29 is 19.4 Å². The number of hydrogen-bond acceptors (Lipinski definition) is 7. The quantitative estimate of drug-likeness (QED) is 0.465. The summed E-state index contributed by atoms with van der Waals surface area (Å²) in [5.74, 6) is 0.558. The van der Waals surface area contributed by atoms with E-state index in [-0.39, 0.29) is 40.5 Å². The normalized spacial score (nSPS) is 21.6. The first-order chi connectivity index (χ1) is 17.8. The second-order valence-corrected chi connectivity index (χ2v) is 10.9. The van der Waals surface area contributed by atoms with E-state index in [4.69, 9.17) is 0 Å². The maximum atomic E-state index is 14.1. The predicted octanol–water partition coefficient (Wildman–Crippen LogP) is 2.80. The molecule has 37 heavy (non-hydrogen) atoms. The van der Waals surface area contributed by atoms with Crippen LogP contribution in [0.1, 0.15) is 62.3 Å². The molecule has 1 aliphatic carbocycles. The third-order valence-electron chi connectivity index (χ3n) is 7.32. The van der Waals surface area contributed by atoms with Gasteiger partial charge in [0.2, 0.25) is 0 Å². The van der Waals surface area contributed by atoms with Crippen LogP contribution in [0.2, 0.25) is 0 Å². The number of carbonyl (C=O) groups is 1. The second kappa shape index (κ2) is 10.7. The van der Waals surface area contributed by atoms with Gasteiger partial charge in [-0.25, -0.2) is 14.2 Å². The van der Waals surface area contributed by atoms with Crippen molar-refractivity contribution in [2.45, 2.75) is 62.8 Å². The van der Waals surface area contributed by atoms with E-state index >= 15 is 0 Å². The van der Waals surface area contributed by atoms with Gasteiger partial charge in [-0.1, -0.05) is 12.1 Å². The van der Waals surface area contributed by atoms with Crippen molar-refractivity contribution in [3.63, 3.8) is 0 Å². The van der Waals surface area contributed by atoms with Crippen LogP contribution in [0.4, 0.5) is 4.39 Å². The fourth-order valence-corrected chi connectivity index (χ4v) is 6.49. The van der Waals surface area contributed by atoms with Crippen molar-refractivity contribution in [3.8, 4) is 5.75 Å². The Balaban J connectivity index is 1.37. The Morgan fingerprint density at radius 2 is 1.76 bits per heavy atom. The number of aliphatic hydroxyl groups excluding tert-OH is 1. The van der Waals surface area contributed by atoms with Gasteiger partial charge >= 0.3 is 5.69 Å².